The molecule has 0 saturated heterocycles. The fraction of sp³-hybridized carbons (Fsp3) is 0.111. The van der Waals surface area contributed by atoms with Gasteiger partial charge >= 0.3 is 0 Å². The van der Waals surface area contributed by atoms with Gasteiger partial charge in [-0.05, 0) is 23.8 Å². The molecule has 4 heterocycles. The summed E-state index contributed by atoms with van der Waals surface area (Å²) < 4.78 is 9.71. The fourth-order valence-corrected chi connectivity index (χ4v) is 3.35. The van der Waals surface area contributed by atoms with Crippen LogP contribution in [0.5, 0.6) is 0 Å². The van der Waals surface area contributed by atoms with Gasteiger partial charge in [-0.1, -0.05) is 23.7 Å². The van der Waals surface area contributed by atoms with Gasteiger partial charge in [-0.25, -0.2) is 13.9 Å². The molecule has 144 valence electrons. The Kier molecular flexibility index (Phi) is 4.07. The third-order valence-electron chi connectivity index (χ3n) is 4.50. The number of nitrogens with zero attached hydrogens (tertiary/aromatic N) is 8. The quantitative estimate of drug-likeness (QED) is 0.446. The molecule has 5 rings (SSSR count). The van der Waals surface area contributed by atoms with Crippen LogP contribution in [0.2, 0.25) is 5.02 Å². The van der Waals surface area contributed by atoms with Gasteiger partial charge in [0.2, 0.25) is 0 Å². The van der Waals surface area contributed by atoms with Gasteiger partial charge in [0.05, 0.1) is 17.9 Å². The molecule has 4 aromatic heterocycles. The molecule has 0 N–H and O–H groups in total. The Labute approximate surface area is 167 Å². The van der Waals surface area contributed by atoms with E-state index in [4.69, 9.17) is 16.3 Å². The van der Waals surface area contributed by atoms with Gasteiger partial charge in [0.15, 0.2) is 11.2 Å². The second-order valence-electron chi connectivity index (χ2n) is 6.24. The Balaban J connectivity index is 1.80. The Morgan fingerprint density at radius 3 is 2.55 bits per heavy atom. The molecule has 0 amide bonds. The number of hydrogen-bond acceptors (Lipinski definition) is 7. The van der Waals surface area contributed by atoms with E-state index in [1.807, 2.05) is 12.1 Å². The van der Waals surface area contributed by atoms with Gasteiger partial charge in [0, 0.05) is 18.3 Å². The molecule has 5 aromatic rings. The highest BCUT2D eigenvalue weighted by molar-refractivity contribution is 6.30. The summed E-state index contributed by atoms with van der Waals surface area (Å²) in [6.45, 7) is 0.278. The Morgan fingerprint density at radius 2 is 1.83 bits per heavy atom. The van der Waals surface area contributed by atoms with Crippen molar-refractivity contribution in [1.29, 1.82) is 0 Å². The number of ether oxygens (including phenoxy) is 1. The molecule has 0 bridgehead atoms. The lowest BCUT2D eigenvalue weighted by Crippen LogP contribution is -2.26. The second-order valence-corrected chi connectivity index (χ2v) is 6.67. The number of methoxy groups -OCH3 is 1. The van der Waals surface area contributed by atoms with Gasteiger partial charge in [-0.15, -0.1) is 20.4 Å². The SMILES string of the molecule is COCc1nn2c(nnc3c(=O)n(-n4cnnc4)ccc32)c1-c1ccc(Cl)cc1. The number of pyridine rings is 1. The number of fused-ring (bicyclic) bond motifs is 3. The first-order valence-electron chi connectivity index (χ1n) is 8.57. The van der Waals surface area contributed by atoms with Crippen LogP contribution < -0.4 is 5.56 Å². The number of hydrogen-bond donors (Lipinski definition) is 0. The van der Waals surface area contributed by atoms with E-state index in [0.717, 1.165) is 11.1 Å². The normalized spacial score (nSPS) is 11.5. The lowest BCUT2D eigenvalue weighted by atomic mass is 10.1. The van der Waals surface area contributed by atoms with E-state index in [1.165, 1.54) is 22.0 Å². The predicted molar refractivity (Wildman–Crippen MR) is 105 cm³/mol. The molecule has 0 radical (unpaired) electrons. The fourth-order valence-electron chi connectivity index (χ4n) is 3.22. The predicted octanol–water partition coefficient (Wildman–Crippen LogP) is 1.81. The van der Waals surface area contributed by atoms with Crippen molar-refractivity contribution in [2.75, 3.05) is 7.11 Å². The van der Waals surface area contributed by atoms with Crippen LogP contribution in [0.3, 0.4) is 0 Å². The first kappa shape index (κ1) is 17.5. The maximum Gasteiger partial charge on any atom is 0.299 e. The van der Waals surface area contributed by atoms with E-state index >= 15 is 0 Å². The second kappa shape index (κ2) is 6.76. The first-order chi connectivity index (χ1) is 14.2. The topological polar surface area (TPSA) is 105 Å². The molecular weight excluding hydrogens is 396 g/mol. The molecule has 0 aliphatic rings. The lowest BCUT2D eigenvalue weighted by Gasteiger charge is -2.06. The van der Waals surface area contributed by atoms with Crippen LogP contribution in [0, 0.1) is 0 Å². The monoisotopic (exact) mass is 408 g/mol. The maximum absolute atomic E-state index is 12.9. The largest absolute Gasteiger partial charge is 0.378 e. The third-order valence-corrected chi connectivity index (χ3v) is 4.75. The average molecular weight is 409 g/mol. The molecule has 1 aromatic carbocycles. The molecule has 0 saturated carbocycles. The summed E-state index contributed by atoms with van der Waals surface area (Å²) >= 11 is 6.02. The standard InChI is InChI=1S/C18H13ClN8O2/c1-29-8-13-15(11-2-4-12(19)5-3-11)17-23-22-16-14(27(17)24-13)6-7-26(18(16)28)25-9-20-21-10-25/h2-7,9-10H,8H2,1H3. The van der Waals surface area contributed by atoms with E-state index < -0.39 is 0 Å². The van der Waals surface area contributed by atoms with Crippen molar-refractivity contribution in [2.24, 2.45) is 0 Å². The van der Waals surface area contributed by atoms with Crippen molar-refractivity contribution in [3.63, 3.8) is 0 Å². The number of aromatic nitrogens is 8. The Morgan fingerprint density at radius 1 is 1.07 bits per heavy atom. The summed E-state index contributed by atoms with van der Waals surface area (Å²) in [7, 11) is 1.59. The van der Waals surface area contributed by atoms with Crippen LogP contribution >= 0.6 is 11.6 Å². The number of halogens is 1. The number of rotatable bonds is 4. The molecule has 0 atom stereocenters. The van der Waals surface area contributed by atoms with Crippen molar-refractivity contribution in [3.05, 3.63) is 70.3 Å². The van der Waals surface area contributed by atoms with Gasteiger partial charge in [-0.3, -0.25) is 4.79 Å². The molecule has 0 spiro atoms. The molecule has 11 heteroatoms. The zero-order valence-corrected chi connectivity index (χ0v) is 15.9. The summed E-state index contributed by atoms with van der Waals surface area (Å²) in [6, 6.07) is 9.10. The van der Waals surface area contributed by atoms with Gasteiger partial charge < -0.3 is 4.74 Å². The summed E-state index contributed by atoms with van der Waals surface area (Å²) in [5, 5.41) is 21.2. The van der Waals surface area contributed by atoms with Crippen LogP contribution in [0.25, 0.3) is 27.8 Å². The van der Waals surface area contributed by atoms with Crippen LogP contribution in [0.15, 0.2) is 54.0 Å². The molecule has 0 unspecified atom stereocenters. The summed E-state index contributed by atoms with van der Waals surface area (Å²) in [6.07, 6.45) is 4.44. The molecule has 0 fully saturated rings. The maximum atomic E-state index is 12.9. The van der Waals surface area contributed by atoms with E-state index in [2.05, 4.69) is 25.5 Å². The summed E-state index contributed by atoms with van der Waals surface area (Å²) in [5.74, 6) is 0. The van der Waals surface area contributed by atoms with Crippen molar-refractivity contribution in [3.8, 4) is 11.1 Å². The molecule has 0 aliphatic heterocycles. The van der Waals surface area contributed by atoms with Crippen molar-refractivity contribution >= 4 is 28.3 Å². The van der Waals surface area contributed by atoms with Crippen molar-refractivity contribution in [2.45, 2.75) is 6.61 Å². The lowest BCUT2D eigenvalue weighted by molar-refractivity contribution is 0.181. The third kappa shape index (κ3) is 2.77. The van der Waals surface area contributed by atoms with Crippen LogP contribution in [0.1, 0.15) is 5.69 Å². The molecular formula is C18H13ClN8O2. The zero-order valence-electron chi connectivity index (χ0n) is 15.1. The van der Waals surface area contributed by atoms with Gasteiger partial charge in [-0.2, -0.15) is 5.10 Å². The van der Waals surface area contributed by atoms with Crippen LogP contribution in [-0.4, -0.2) is 46.5 Å². The van der Waals surface area contributed by atoms with Crippen LogP contribution in [-0.2, 0) is 11.3 Å². The van der Waals surface area contributed by atoms with Gasteiger partial charge in [0.1, 0.15) is 18.2 Å². The first-order valence-corrected chi connectivity index (χ1v) is 8.95. The molecule has 10 nitrogen and oxygen atoms in total. The minimum Gasteiger partial charge on any atom is -0.378 e. The van der Waals surface area contributed by atoms with Crippen molar-refractivity contribution < 1.29 is 4.74 Å². The van der Waals surface area contributed by atoms with E-state index in [1.54, 1.807) is 36.0 Å². The highest BCUT2D eigenvalue weighted by Gasteiger charge is 2.19. The van der Waals surface area contributed by atoms with E-state index in [-0.39, 0.29) is 17.7 Å². The van der Waals surface area contributed by atoms with E-state index in [9.17, 15) is 4.79 Å². The van der Waals surface area contributed by atoms with Crippen LogP contribution in [0.4, 0.5) is 0 Å². The molecule has 29 heavy (non-hydrogen) atoms. The minimum absolute atomic E-state index is 0.169. The zero-order chi connectivity index (χ0) is 20.0. The highest BCUT2D eigenvalue weighted by atomic mass is 35.5. The molecule has 0 aliphatic carbocycles. The Hall–Kier alpha value is -3.63. The minimum atomic E-state index is -0.367. The summed E-state index contributed by atoms with van der Waals surface area (Å²) in [5.41, 5.74) is 3.19. The summed E-state index contributed by atoms with van der Waals surface area (Å²) in [4.78, 5) is 12.9. The average Bonchev–Trinajstić information content (AvgIpc) is 3.37. The van der Waals surface area contributed by atoms with E-state index in [0.29, 0.717) is 21.9 Å². The van der Waals surface area contributed by atoms with Gasteiger partial charge in [0.25, 0.3) is 5.56 Å². The number of benzene rings is 1. The smallest absolute Gasteiger partial charge is 0.299 e. The highest BCUT2D eigenvalue weighted by Crippen LogP contribution is 2.30. The Bertz CT molecular complexity index is 1390. The van der Waals surface area contributed by atoms with Crippen molar-refractivity contribution in [1.82, 2.24) is 39.4 Å².